The first-order valence-corrected chi connectivity index (χ1v) is 10.1. The van der Waals surface area contributed by atoms with Gasteiger partial charge in [-0.25, -0.2) is 9.78 Å². The van der Waals surface area contributed by atoms with Gasteiger partial charge >= 0.3 is 5.97 Å². The van der Waals surface area contributed by atoms with Gasteiger partial charge in [-0.1, -0.05) is 20.3 Å². The molecule has 2 heterocycles. The van der Waals surface area contributed by atoms with Gasteiger partial charge in [0.25, 0.3) is 0 Å². The maximum Gasteiger partial charge on any atom is 0.326 e. The van der Waals surface area contributed by atoms with Crippen molar-refractivity contribution in [2.24, 2.45) is 11.7 Å². The summed E-state index contributed by atoms with van der Waals surface area (Å²) >= 11 is 0. The fourth-order valence-corrected chi connectivity index (χ4v) is 3.48. The third kappa shape index (κ3) is 5.78. The van der Waals surface area contributed by atoms with Crippen molar-refractivity contribution in [1.29, 1.82) is 0 Å². The molecule has 6 N–H and O–H groups in total. The van der Waals surface area contributed by atoms with Gasteiger partial charge in [0.1, 0.15) is 18.1 Å². The van der Waals surface area contributed by atoms with E-state index in [0.29, 0.717) is 31.5 Å². The lowest BCUT2D eigenvalue weighted by atomic mass is 9.97. The van der Waals surface area contributed by atoms with Crippen LogP contribution in [0, 0.1) is 5.92 Å². The smallest absolute Gasteiger partial charge is 0.326 e. The van der Waals surface area contributed by atoms with Crippen molar-refractivity contribution in [3.8, 4) is 0 Å². The van der Waals surface area contributed by atoms with Gasteiger partial charge in [0, 0.05) is 24.9 Å². The number of amides is 3. The largest absolute Gasteiger partial charge is 0.480 e. The predicted molar refractivity (Wildman–Crippen MR) is 107 cm³/mol. The Balaban J connectivity index is 2.10. The Hall–Kier alpha value is -2.95. The molecule has 1 aliphatic heterocycles. The summed E-state index contributed by atoms with van der Waals surface area (Å²) in [5.41, 5.74) is 5.99. The number of aromatic nitrogens is 2. The Morgan fingerprint density at radius 1 is 1.37 bits per heavy atom. The van der Waals surface area contributed by atoms with Gasteiger partial charge in [-0.05, 0) is 18.8 Å². The zero-order valence-corrected chi connectivity index (χ0v) is 17.3. The number of nitrogens with two attached hydrogens (primary N) is 1. The molecule has 166 valence electrons. The Kier molecular flexibility index (Phi) is 8.34. The number of aliphatic carboxylic acids is 1. The van der Waals surface area contributed by atoms with Crippen molar-refractivity contribution in [3.63, 3.8) is 0 Å². The second-order valence-corrected chi connectivity index (χ2v) is 7.50. The van der Waals surface area contributed by atoms with Gasteiger partial charge in [0.2, 0.25) is 17.7 Å². The van der Waals surface area contributed by atoms with Gasteiger partial charge in [0.15, 0.2) is 0 Å². The summed E-state index contributed by atoms with van der Waals surface area (Å²) in [6.45, 7) is 3.93. The predicted octanol–water partition coefficient (Wildman–Crippen LogP) is -0.998. The van der Waals surface area contributed by atoms with Crippen LogP contribution in [0.4, 0.5) is 0 Å². The lowest BCUT2D eigenvalue weighted by molar-refractivity contribution is -0.143. The molecule has 0 aromatic carbocycles. The summed E-state index contributed by atoms with van der Waals surface area (Å²) in [4.78, 5) is 57.4. The quantitative estimate of drug-likeness (QED) is 0.322. The second-order valence-electron chi connectivity index (χ2n) is 7.50. The van der Waals surface area contributed by atoms with E-state index < -0.39 is 35.9 Å². The fourth-order valence-electron chi connectivity index (χ4n) is 3.48. The molecule has 1 aromatic heterocycles. The van der Waals surface area contributed by atoms with Gasteiger partial charge in [-0.3, -0.25) is 14.4 Å². The van der Waals surface area contributed by atoms with Crippen LogP contribution in [0.5, 0.6) is 0 Å². The van der Waals surface area contributed by atoms with Crippen molar-refractivity contribution in [2.75, 3.05) is 13.1 Å². The van der Waals surface area contributed by atoms with Crippen molar-refractivity contribution in [2.45, 2.75) is 57.7 Å². The number of likely N-dealkylation sites (tertiary alicyclic amines) is 1. The first-order chi connectivity index (χ1) is 14.3. The molecule has 0 saturated carbocycles. The molecule has 1 aromatic rings. The molecular weight excluding hydrogens is 392 g/mol. The number of nitrogens with one attached hydrogen (secondary N) is 3. The van der Waals surface area contributed by atoms with Crippen LogP contribution < -0.4 is 16.4 Å². The van der Waals surface area contributed by atoms with Crippen LogP contribution in [-0.4, -0.2) is 74.9 Å². The molecule has 1 aliphatic rings. The molecule has 1 saturated heterocycles. The van der Waals surface area contributed by atoms with Gasteiger partial charge in [-0.15, -0.1) is 0 Å². The average Bonchev–Trinajstić information content (AvgIpc) is 3.41. The van der Waals surface area contributed by atoms with E-state index in [-0.39, 0.29) is 24.8 Å². The summed E-state index contributed by atoms with van der Waals surface area (Å²) in [5.74, 6) is -2.77. The molecule has 2 rings (SSSR count). The average molecular weight is 422 g/mol. The molecule has 11 nitrogen and oxygen atoms in total. The normalized spacial score (nSPS) is 19.0. The molecule has 1 fully saturated rings. The highest BCUT2D eigenvalue weighted by molar-refractivity contribution is 5.94. The lowest BCUT2D eigenvalue weighted by Crippen LogP contribution is -2.57. The van der Waals surface area contributed by atoms with E-state index in [1.165, 1.54) is 17.4 Å². The molecule has 4 unspecified atom stereocenters. The third-order valence-electron chi connectivity index (χ3n) is 5.44. The number of carboxylic acids is 1. The van der Waals surface area contributed by atoms with Crippen LogP contribution in [0.3, 0.4) is 0 Å². The number of carbonyl (C=O) groups is 4. The molecule has 30 heavy (non-hydrogen) atoms. The number of imidazole rings is 1. The standard InChI is InChI=1S/C19H30N6O5/c1-3-11(2)16(24-17(27)14-5-4-6-25(14)15(26)8-20)18(28)23-13(19(29)30)7-12-9-21-10-22-12/h9-11,13-14,16H,3-8,20H2,1-2H3,(H,21,22)(H,23,28)(H,24,27)(H,29,30). The zero-order chi connectivity index (χ0) is 22.3. The number of hydrogen-bond donors (Lipinski definition) is 5. The van der Waals surface area contributed by atoms with E-state index in [1.807, 2.05) is 6.92 Å². The molecule has 11 heteroatoms. The summed E-state index contributed by atoms with van der Waals surface area (Å²) in [6, 6.07) is -2.79. The highest BCUT2D eigenvalue weighted by Crippen LogP contribution is 2.18. The molecule has 0 aliphatic carbocycles. The van der Waals surface area contributed by atoms with Crippen LogP contribution in [-0.2, 0) is 25.6 Å². The summed E-state index contributed by atoms with van der Waals surface area (Å²) in [6.07, 6.45) is 4.70. The van der Waals surface area contributed by atoms with E-state index >= 15 is 0 Å². The Morgan fingerprint density at radius 2 is 2.10 bits per heavy atom. The summed E-state index contributed by atoms with van der Waals surface area (Å²) in [7, 11) is 0. The highest BCUT2D eigenvalue weighted by atomic mass is 16.4. The van der Waals surface area contributed by atoms with Crippen molar-refractivity contribution in [1.82, 2.24) is 25.5 Å². The number of aromatic amines is 1. The molecule has 3 amide bonds. The summed E-state index contributed by atoms with van der Waals surface area (Å²) < 4.78 is 0. The van der Waals surface area contributed by atoms with E-state index in [0.717, 1.165) is 0 Å². The topological polar surface area (TPSA) is 171 Å². The van der Waals surface area contributed by atoms with Crippen LogP contribution in [0.25, 0.3) is 0 Å². The Bertz CT molecular complexity index is 753. The second kappa shape index (κ2) is 10.7. The number of nitrogens with zero attached hydrogens (tertiary/aromatic N) is 2. The monoisotopic (exact) mass is 422 g/mol. The van der Waals surface area contributed by atoms with Crippen LogP contribution in [0.2, 0.25) is 0 Å². The summed E-state index contributed by atoms with van der Waals surface area (Å²) in [5, 5.41) is 14.7. The van der Waals surface area contributed by atoms with Gasteiger partial charge < -0.3 is 31.4 Å². The minimum absolute atomic E-state index is 0.0314. The SMILES string of the molecule is CCC(C)C(NC(=O)C1CCCN1C(=O)CN)C(=O)NC(Cc1cnc[nH]1)C(=O)O. The van der Waals surface area contributed by atoms with Crippen molar-refractivity contribution >= 4 is 23.7 Å². The van der Waals surface area contributed by atoms with E-state index in [1.54, 1.807) is 6.92 Å². The zero-order valence-electron chi connectivity index (χ0n) is 17.3. The number of hydrogen-bond acceptors (Lipinski definition) is 6. The number of carboxylic acid groups (broad SMARTS) is 1. The fraction of sp³-hybridized carbons (Fsp3) is 0.632. The van der Waals surface area contributed by atoms with Crippen molar-refractivity contribution in [3.05, 3.63) is 18.2 Å². The number of H-pyrrole nitrogens is 1. The van der Waals surface area contributed by atoms with Crippen LogP contribution >= 0.6 is 0 Å². The maximum absolute atomic E-state index is 12.9. The Morgan fingerprint density at radius 3 is 2.67 bits per heavy atom. The first-order valence-electron chi connectivity index (χ1n) is 10.1. The van der Waals surface area contributed by atoms with E-state index in [4.69, 9.17) is 5.73 Å². The Labute approximate surface area is 174 Å². The van der Waals surface area contributed by atoms with E-state index in [9.17, 15) is 24.3 Å². The molecule has 0 radical (unpaired) electrons. The minimum atomic E-state index is -1.19. The minimum Gasteiger partial charge on any atom is -0.480 e. The molecule has 0 spiro atoms. The molecule has 0 bridgehead atoms. The number of carbonyl (C=O) groups excluding carboxylic acids is 3. The molecule has 4 atom stereocenters. The third-order valence-corrected chi connectivity index (χ3v) is 5.44. The first kappa shape index (κ1) is 23.3. The maximum atomic E-state index is 12.9. The van der Waals surface area contributed by atoms with Crippen molar-refractivity contribution < 1.29 is 24.3 Å². The highest BCUT2D eigenvalue weighted by Gasteiger charge is 2.37. The van der Waals surface area contributed by atoms with E-state index in [2.05, 4.69) is 20.6 Å². The van der Waals surface area contributed by atoms with Gasteiger partial charge in [-0.2, -0.15) is 0 Å². The van der Waals surface area contributed by atoms with Gasteiger partial charge in [0.05, 0.1) is 12.9 Å². The molecular formula is C19H30N6O5. The lowest BCUT2D eigenvalue weighted by Gasteiger charge is -2.29. The van der Waals surface area contributed by atoms with Crippen LogP contribution in [0.1, 0.15) is 38.8 Å². The van der Waals surface area contributed by atoms with Crippen LogP contribution in [0.15, 0.2) is 12.5 Å². The number of rotatable bonds is 10.